The lowest BCUT2D eigenvalue weighted by molar-refractivity contribution is -0.117. The molecule has 3 aromatic rings. The number of fused-ring (bicyclic) bond motifs is 2. The molecule has 0 unspecified atom stereocenters. The minimum Gasteiger partial charge on any atom is -0.508 e. The summed E-state index contributed by atoms with van der Waals surface area (Å²) >= 11 is 1.14. The van der Waals surface area contributed by atoms with Gasteiger partial charge in [-0.25, -0.2) is 4.98 Å². The summed E-state index contributed by atoms with van der Waals surface area (Å²) in [5.74, 6) is 0.0559. The summed E-state index contributed by atoms with van der Waals surface area (Å²) in [6.45, 7) is 1.42. The molecule has 0 radical (unpaired) electrons. The van der Waals surface area contributed by atoms with Gasteiger partial charge >= 0.3 is 0 Å². The Morgan fingerprint density at radius 3 is 2.05 bits per heavy atom. The number of amides is 1. The summed E-state index contributed by atoms with van der Waals surface area (Å²) in [6.07, 6.45) is 0. The average molecular weight is 300 g/mol. The van der Waals surface area contributed by atoms with Crippen molar-refractivity contribution in [2.24, 2.45) is 0 Å². The number of carbonyl (C=O) groups excluding carboxylic acids is 1. The standard InChI is InChI=1S/C15H12N2O3S/c1-8(18)17-21-15-11-6-9(19)2-4-13(11)16-14-5-3-10(20)7-12(14)15/h2-7,19-20H,1H3,(H,17,18). The Kier molecular flexibility index (Phi) is 3.31. The van der Waals surface area contributed by atoms with Crippen molar-refractivity contribution in [1.82, 2.24) is 9.71 Å². The molecule has 0 fully saturated rings. The van der Waals surface area contributed by atoms with Crippen LogP contribution in [0.2, 0.25) is 0 Å². The lowest BCUT2D eigenvalue weighted by Crippen LogP contribution is -2.10. The first-order chi connectivity index (χ1) is 10.0. The number of hydrogen-bond donors (Lipinski definition) is 3. The summed E-state index contributed by atoms with van der Waals surface area (Å²) < 4.78 is 2.67. The van der Waals surface area contributed by atoms with Crippen LogP contribution in [0.25, 0.3) is 21.8 Å². The fourth-order valence-electron chi connectivity index (χ4n) is 2.11. The summed E-state index contributed by atoms with van der Waals surface area (Å²) in [5.41, 5.74) is 1.41. The van der Waals surface area contributed by atoms with Crippen molar-refractivity contribution in [2.75, 3.05) is 0 Å². The Balaban J connectivity index is 2.34. The molecule has 5 nitrogen and oxygen atoms in total. The van der Waals surface area contributed by atoms with Gasteiger partial charge in [0.25, 0.3) is 0 Å². The van der Waals surface area contributed by atoms with Gasteiger partial charge in [-0.3, -0.25) is 9.52 Å². The number of hydrogen-bond acceptors (Lipinski definition) is 5. The normalized spacial score (nSPS) is 10.9. The minimum absolute atomic E-state index is 0.119. The second kappa shape index (κ2) is 5.14. The number of phenolic OH excluding ortho intramolecular Hbond substituents is 2. The molecular formula is C15H12N2O3S. The predicted octanol–water partition coefficient (Wildman–Crippen LogP) is 2.94. The quantitative estimate of drug-likeness (QED) is 0.500. The minimum atomic E-state index is -0.182. The number of aromatic nitrogens is 1. The molecule has 0 saturated carbocycles. The molecule has 0 aliphatic carbocycles. The Bertz CT molecular complexity index is 804. The molecule has 0 aliphatic rings. The van der Waals surface area contributed by atoms with Crippen LogP contribution >= 0.6 is 11.9 Å². The van der Waals surface area contributed by atoms with Gasteiger partial charge in [-0.15, -0.1) is 0 Å². The van der Waals surface area contributed by atoms with Gasteiger partial charge in [0.15, 0.2) is 0 Å². The van der Waals surface area contributed by atoms with Crippen LogP contribution in [-0.4, -0.2) is 21.1 Å². The first kappa shape index (κ1) is 13.5. The van der Waals surface area contributed by atoms with Crippen LogP contribution in [0.15, 0.2) is 41.3 Å². The van der Waals surface area contributed by atoms with Crippen LogP contribution < -0.4 is 4.72 Å². The maximum Gasteiger partial charge on any atom is 0.226 e. The molecule has 0 atom stereocenters. The maximum atomic E-state index is 11.2. The molecule has 3 rings (SSSR count). The molecule has 1 aromatic heterocycles. The topological polar surface area (TPSA) is 82.5 Å². The van der Waals surface area contributed by atoms with Gasteiger partial charge in [0.2, 0.25) is 5.91 Å². The highest BCUT2D eigenvalue weighted by Gasteiger charge is 2.12. The molecule has 1 amide bonds. The molecule has 0 spiro atoms. The van der Waals surface area contributed by atoms with E-state index in [9.17, 15) is 15.0 Å². The highest BCUT2D eigenvalue weighted by Crippen LogP contribution is 2.35. The Labute approximate surface area is 124 Å². The summed E-state index contributed by atoms with van der Waals surface area (Å²) in [5, 5.41) is 20.8. The molecule has 3 N–H and O–H groups in total. The lowest BCUT2D eigenvalue weighted by Gasteiger charge is -2.11. The number of benzene rings is 2. The molecule has 0 aliphatic heterocycles. The van der Waals surface area contributed by atoms with E-state index in [4.69, 9.17) is 0 Å². The third kappa shape index (κ3) is 2.57. The second-order valence-corrected chi connectivity index (χ2v) is 5.42. The van der Waals surface area contributed by atoms with E-state index >= 15 is 0 Å². The van der Waals surface area contributed by atoms with Crippen LogP contribution in [0.3, 0.4) is 0 Å². The van der Waals surface area contributed by atoms with E-state index in [1.807, 2.05) is 0 Å². The highest BCUT2D eigenvalue weighted by molar-refractivity contribution is 7.98. The Morgan fingerprint density at radius 2 is 1.57 bits per heavy atom. The van der Waals surface area contributed by atoms with E-state index in [2.05, 4.69) is 9.71 Å². The van der Waals surface area contributed by atoms with Crippen LogP contribution in [0.5, 0.6) is 11.5 Å². The van der Waals surface area contributed by atoms with Crippen molar-refractivity contribution in [1.29, 1.82) is 0 Å². The van der Waals surface area contributed by atoms with E-state index in [1.54, 1.807) is 36.4 Å². The SMILES string of the molecule is CC(=O)NSc1c2cc(O)ccc2nc2ccc(O)cc12. The third-order valence-corrected chi connectivity index (χ3v) is 4.02. The third-order valence-electron chi connectivity index (χ3n) is 2.99. The number of rotatable bonds is 2. The largest absolute Gasteiger partial charge is 0.508 e. The summed E-state index contributed by atoms with van der Waals surface area (Å²) in [6, 6.07) is 9.75. The zero-order valence-corrected chi connectivity index (χ0v) is 11.9. The van der Waals surface area contributed by atoms with Crippen molar-refractivity contribution < 1.29 is 15.0 Å². The summed E-state index contributed by atoms with van der Waals surface area (Å²) in [7, 11) is 0. The molecule has 106 valence electrons. The number of nitrogens with one attached hydrogen (secondary N) is 1. The smallest absolute Gasteiger partial charge is 0.226 e. The molecule has 0 saturated heterocycles. The Hall–Kier alpha value is -2.47. The number of pyridine rings is 1. The number of nitrogens with zero attached hydrogens (tertiary/aromatic N) is 1. The molecule has 6 heteroatoms. The first-order valence-corrected chi connectivity index (χ1v) is 7.05. The molecule has 1 heterocycles. The van der Waals surface area contributed by atoms with Crippen LogP contribution in [0, 0.1) is 0 Å². The zero-order chi connectivity index (χ0) is 15.0. The lowest BCUT2D eigenvalue weighted by atomic mass is 10.1. The van der Waals surface area contributed by atoms with E-state index in [-0.39, 0.29) is 17.4 Å². The van der Waals surface area contributed by atoms with Gasteiger partial charge in [-0.2, -0.15) is 0 Å². The van der Waals surface area contributed by atoms with E-state index in [0.29, 0.717) is 21.8 Å². The van der Waals surface area contributed by atoms with Crippen molar-refractivity contribution >= 4 is 39.7 Å². The number of carbonyl (C=O) groups is 1. The van der Waals surface area contributed by atoms with E-state index in [0.717, 1.165) is 16.8 Å². The number of phenols is 2. The average Bonchev–Trinajstić information content (AvgIpc) is 2.44. The van der Waals surface area contributed by atoms with Gasteiger partial charge in [-0.05, 0) is 48.3 Å². The molecule has 0 bridgehead atoms. The van der Waals surface area contributed by atoms with Gasteiger partial charge in [0.1, 0.15) is 11.5 Å². The van der Waals surface area contributed by atoms with E-state index < -0.39 is 0 Å². The predicted molar refractivity (Wildman–Crippen MR) is 82.3 cm³/mol. The van der Waals surface area contributed by atoms with Crippen LogP contribution in [0.4, 0.5) is 0 Å². The van der Waals surface area contributed by atoms with Crippen molar-refractivity contribution in [3.8, 4) is 11.5 Å². The summed E-state index contributed by atoms with van der Waals surface area (Å²) in [4.78, 5) is 16.4. The van der Waals surface area contributed by atoms with Crippen molar-refractivity contribution in [3.63, 3.8) is 0 Å². The van der Waals surface area contributed by atoms with Crippen LogP contribution in [0.1, 0.15) is 6.92 Å². The second-order valence-electron chi connectivity index (χ2n) is 4.60. The monoisotopic (exact) mass is 300 g/mol. The van der Waals surface area contributed by atoms with Gasteiger partial charge < -0.3 is 10.2 Å². The fourth-order valence-corrected chi connectivity index (χ4v) is 2.91. The number of aromatic hydroxyl groups is 2. The van der Waals surface area contributed by atoms with Gasteiger partial charge in [0.05, 0.1) is 11.0 Å². The van der Waals surface area contributed by atoms with E-state index in [1.165, 1.54) is 6.92 Å². The molecule has 21 heavy (non-hydrogen) atoms. The van der Waals surface area contributed by atoms with Gasteiger partial charge in [-0.1, -0.05) is 0 Å². The van der Waals surface area contributed by atoms with Gasteiger partial charge in [0, 0.05) is 22.6 Å². The zero-order valence-electron chi connectivity index (χ0n) is 11.1. The van der Waals surface area contributed by atoms with Crippen molar-refractivity contribution in [2.45, 2.75) is 11.8 Å². The Morgan fingerprint density at radius 1 is 1.05 bits per heavy atom. The first-order valence-electron chi connectivity index (χ1n) is 6.23. The van der Waals surface area contributed by atoms with Crippen molar-refractivity contribution in [3.05, 3.63) is 36.4 Å². The van der Waals surface area contributed by atoms with Crippen LogP contribution in [-0.2, 0) is 4.79 Å². The molecular weight excluding hydrogens is 288 g/mol. The molecule has 2 aromatic carbocycles. The highest BCUT2D eigenvalue weighted by atomic mass is 32.2. The maximum absolute atomic E-state index is 11.2. The fraction of sp³-hybridized carbons (Fsp3) is 0.0667.